The summed E-state index contributed by atoms with van der Waals surface area (Å²) in [6.07, 6.45) is 8.21. The number of allylic oxidation sites excluding steroid dienone is 4. The molecule has 0 N–H and O–H groups in total. The van der Waals surface area contributed by atoms with E-state index in [0.29, 0.717) is 3.63 Å². The number of rotatable bonds is 2. The van der Waals surface area contributed by atoms with Crippen LogP contribution < -0.4 is 0 Å². The Morgan fingerprint density at radius 1 is 0.800 bits per heavy atom. The zero-order valence-corrected chi connectivity index (χ0v) is 18.1. The summed E-state index contributed by atoms with van der Waals surface area (Å²) in [5.41, 5.74) is 6.04. The molecule has 0 aromatic heterocycles. The molecule has 126 valence electrons. The molecule has 0 unspecified atom stereocenters. The fraction of sp³-hybridized carbons (Fsp3) is 0.250. The molecule has 0 heterocycles. The van der Waals surface area contributed by atoms with E-state index in [2.05, 4.69) is 94.5 Å². The van der Waals surface area contributed by atoms with Crippen molar-refractivity contribution in [1.29, 1.82) is 0 Å². The molecule has 2 aromatic rings. The van der Waals surface area contributed by atoms with E-state index < -0.39 is 19.3 Å². The van der Waals surface area contributed by atoms with Crippen LogP contribution in [0.4, 0.5) is 0 Å². The molecular formula is C24H26Zr. The van der Waals surface area contributed by atoms with Crippen LogP contribution in [0.2, 0.25) is 0 Å². The van der Waals surface area contributed by atoms with E-state index in [1.807, 2.05) is 0 Å². The summed E-state index contributed by atoms with van der Waals surface area (Å²) in [4.78, 5) is 0. The average Bonchev–Trinajstić information content (AvgIpc) is 3.23. The van der Waals surface area contributed by atoms with Gasteiger partial charge in [0.15, 0.2) is 0 Å². The van der Waals surface area contributed by atoms with Crippen molar-refractivity contribution in [2.24, 2.45) is 0 Å². The molecule has 0 nitrogen and oxygen atoms in total. The molecular weight excluding hydrogens is 379 g/mol. The third-order valence-corrected chi connectivity index (χ3v) is 20.9. The number of benzene rings is 2. The topological polar surface area (TPSA) is 0 Å². The molecule has 4 rings (SSSR count). The van der Waals surface area contributed by atoms with Gasteiger partial charge in [-0.15, -0.1) is 0 Å². The van der Waals surface area contributed by atoms with Crippen LogP contribution in [-0.4, -0.2) is 6.41 Å². The minimum absolute atomic E-state index is 0.572. The molecule has 0 aliphatic heterocycles. The van der Waals surface area contributed by atoms with E-state index in [0.717, 1.165) is 6.42 Å². The van der Waals surface area contributed by atoms with E-state index in [9.17, 15) is 0 Å². The van der Waals surface area contributed by atoms with Gasteiger partial charge in [-0.25, -0.2) is 0 Å². The van der Waals surface area contributed by atoms with Crippen molar-refractivity contribution in [2.45, 2.75) is 37.7 Å². The van der Waals surface area contributed by atoms with Gasteiger partial charge in [-0.05, 0) is 0 Å². The van der Waals surface area contributed by atoms with Gasteiger partial charge in [-0.3, -0.25) is 0 Å². The van der Waals surface area contributed by atoms with Gasteiger partial charge < -0.3 is 0 Å². The van der Waals surface area contributed by atoms with Crippen LogP contribution in [-0.2, 0) is 19.3 Å². The van der Waals surface area contributed by atoms with Crippen molar-refractivity contribution in [3.63, 3.8) is 0 Å². The SMILES string of the molecule is C[C](C)=[Zr]([C]1=CC=CC1)(=[C](C)C)[CH]1c2ccccc2-c2ccccc21. The summed E-state index contributed by atoms with van der Waals surface area (Å²) in [5, 5.41) is 0. The van der Waals surface area contributed by atoms with E-state index in [4.69, 9.17) is 0 Å². The first kappa shape index (κ1) is 17.0. The zero-order chi connectivity index (χ0) is 17.6. The van der Waals surface area contributed by atoms with Crippen LogP contribution in [0.3, 0.4) is 0 Å². The maximum atomic E-state index is 2.44. The first-order chi connectivity index (χ1) is 12.1. The third kappa shape index (κ3) is 2.36. The molecule has 2 aliphatic rings. The van der Waals surface area contributed by atoms with Gasteiger partial charge in [0.25, 0.3) is 0 Å². The number of hydrogen-bond donors (Lipinski definition) is 0. The van der Waals surface area contributed by atoms with E-state index in [-0.39, 0.29) is 0 Å². The molecule has 2 aromatic carbocycles. The Morgan fingerprint density at radius 3 is 1.76 bits per heavy atom. The van der Waals surface area contributed by atoms with Gasteiger partial charge in [-0.2, -0.15) is 0 Å². The zero-order valence-electron chi connectivity index (χ0n) is 15.6. The van der Waals surface area contributed by atoms with Crippen LogP contribution in [0.1, 0.15) is 48.9 Å². The molecule has 0 saturated heterocycles. The second-order valence-electron chi connectivity index (χ2n) is 7.74. The summed E-state index contributed by atoms with van der Waals surface area (Å²) in [7, 11) is 0. The number of hydrogen-bond acceptors (Lipinski definition) is 0. The second kappa shape index (κ2) is 6.36. The molecule has 0 amide bonds. The third-order valence-electron chi connectivity index (χ3n) is 6.12. The average molecular weight is 406 g/mol. The summed E-state index contributed by atoms with van der Waals surface area (Å²) >= 11 is -2.94. The van der Waals surface area contributed by atoms with E-state index in [1.54, 1.807) is 20.8 Å². The van der Waals surface area contributed by atoms with Gasteiger partial charge in [0.05, 0.1) is 0 Å². The van der Waals surface area contributed by atoms with Crippen LogP contribution in [0.5, 0.6) is 0 Å². The fourth-order valence-electron chi connectivity index (χ4n) is 5.27. The minimum atomic E-state index is -2.94. The van der Waals surface area contributed by atoms with Crippen molar-refractivity contribution >= 4 is 6.41 Å². The Morgan fingerprint density at radius 2 is 1.32 bits per heavy atom. The van der Waals surface area contributed by atoms with Gasteiger partial charge in [0.2, 0.25) is 0 Å². The molecule has 0 saturated carbocycles. The summed E-state index contributed by atoms with van der Waals surface area (Å²) in [6, 6.07) is 18.3. The monoisotopic (exact) mass is 404 g/mol. The van der Waals surface area contributed by atoms with Crippen LogP contribution >= 0.6 is 0 Å². The van der Waals surface area contributed by atoms with Crippen LogP contribution in [0.15, 0.2) is 70.0 Å². The van der Waals surface area contributed by atoms with Gasteiger partial charge >= 0.3 is 156 Å². The van der Waals surface area contributed by atoms with Gasteiger partial charge in [-0.1, -0.05) is 0 Å². The van der Waals surface area contributed by atoms with Crippen molar-refractivity contribution < 1.29 is 19.3 Å². The molecule has 0 atom stereocenters. The first-order valence-corrected chi connectivity index (χ1v) is 14.3. The van der Waals surface area contributed by atoms with Gasteiger partial charge in [0, 0.05) is 0 Å². The maximum absolute atomic E-state index is 2.94. The van der Waals surface area contributed by atoms with Crippen molar-refractivity contribution in [2.75, 3.05) is 0 Å². The summed E-state index contributed by atoms with van der Waals surface area (Å²) in [5.74, 6) is 0. The molecule has 1 heteroatoms. The summed E-state index contributed by atoms with van der Waals surface area (Å²) < 4.78 is 5.70. The Kier molecular flexibility index (Phi) is 4.32. The van der Waals surface area contributed by atoms with E-state index in [1.165, 1.54) is 11.1 Å². The van der Waals surface area contributed by atoms with Crippen molar-refractivity contribution in [3.05, 3.63) is 81.2 Å². The Bertz CT molecular complexity index is 964. The molecule has 0 radical (unpaired) electrons. The molecule has 2 aliphatic carbocycles. The normalized spacial score (nSPS) is 15.1. The Labute approximate surface area is 155 Å². The molecule has 0 spiro atoms. The first-order valence-electron chi connectivity index (χ1n) is 9.24. The Hall–Kier alpha value is -1.46. The van der Waals surface area contributed by atoms with Crippen molar-refractivity contribution in [1.82, 2.24) is 0 Å². The molecule has 0 bridgehead atoms. The van der Waals surface area contributed by atoms with Crippen LogP contribution in [0, 0.1) is 0 Å². The quantitative estimate of drug-likeness (QED) is 0.560. The molecule has 0 fully saturated rings. The predicted molar refractivity (Wildman–Crippen MR) is 108 cm³/mol. The Balaban J connectivity index is 2.16. The van der Waals surface area contributed by atoms with Gasteiger partial charge in [0.1, 0.15) is 0 Å². The fourth-order valence-corrected chi connectivity index (χ4v) is 20.1. The summed E-state index contributed by atoms with van der Waals surface area (Å²) in [6.45, 7) is 9.63. The number of fused-ring (bicyclic) bond motifs is 3. The van der Waals surface area contributed by atoms with Crippen LogP contribution in [0.25, 0.3) is 11.1 Å². The predicted octanol–water partition coefficient (Wildman–Crippen LogP) is 6.18. The standard InChI is InChI=1S/C13H9.C5H5.2C3H6.Zr/c1-3-7-12-10(5-1)9-11-6-2-4-8-13(11)12;1-2-4-5-3-1;2*1-3-2;/h1-9H;1-3H,4H2;2*1-2H3;. The molecule has 25 heavy (non-hydrogen) atoms. The van der Waals surface area contributed by atoms with E-state index >= 15 is 0 Å². The second-order valence-corrected chi connectivity index (χ2v) is 19.6. The van der Waals surface area contributed by atoms with Crippen molar-refractivity contribution in [3.8, 4) is 11.1 Å².